The Hall–Kier alpha value is -0.870. The molecule has 0 amide bonds. The third-order valence-electron chi connectivity index (χ3n) is 3.39. The van der Waals surface area contributed by atoms with Crippen LogP contribution >= 0.6 is 0 Å². The molecule has 1 unspecified atom stereocenters. The molecule has 4 heteroatoms. The Morgan fingerprint density at radius 2 is 2.35 bits per heavy atom. The summed E-state index contributed by atoms with van der Waals surface area (Å²) in [7, 11) is 0. The molecule has 96 valence electrons. The fourth-order valence-corrected chi connectivity index (χ4v) is 2.45. The summed E-state index contributed by atoms with van der Waals surface area (Å²) in [5.74, 6) is 0. The number of hydrogen-bond acceptors (Lipinski definition) is 3. The molecular formula is C13H24N4. The Morgan fingerprint density at radius 1 is 1.41 bits per heavy atom. The molecule has 1 N–H and O–H groups in total. The van der Waals surface area contributed by atoms with E-state index in [9.17, 15) is 0 Å². The van der Waals surface area contributed by atoms with Crippen LogP contribution < -0.4 is 5.32 Å². The van der Waals surface area contributed by atoms with E-state index in [2.05, 4.69) is 22.2 Å². The third kappa shape index (κ3) is 4.13. The van der Waals surface area contributed by atoms with Gasteiger partial charge in [-0.05, 0) is 38.4 Å². The van der Waals surface area contributed by atoms with Gasteiger partial charge in [0.15, 0.2) is 0 Å². The maximum Gasteiger partial charge on any atom is 0.0536 e. The Balaban J connectivity index is 1.69. The molecule has 0 aliphatic carbocycles. The molecule has 4 nitrogen and oxygen atoms in total. The maximum atomic E-state index is 4.24. The topological polar surface area (TPSA) is 33.1 Å². The fourth-order valence-electron chi connectivity index (χ4n) is 2.45. The molecule has 2 heterocycles. The Morgan fingerprint density at radius 3 is 3.12 bits per heavy atom. The maximum absolute atomic E-state index is 4.24. The standard InChI is InChI=1S/C13H24N4/c1-2-6-14-13-5-3-8-16(12-13)10-11-17-9-4-7-15-17/h4,7,9,13-14H,2-3,5-6,8,10-12H2,1H3. The van der Waals surface area contributed by atoms with E-state index in [0.717, 1.165) is 19.6 Å². The quantitative estimate of drug-likeness (QED) is 0.809. The van der Waals surface area contributed by atoms with Crippen LogP contribution in [-0.2, 0) is 6.54 Å². The highest BCUT2D eigenvalue weighted by Gasteiger charge is 2.18. The van der Waals surface area contributed by atoms with Crippen LogP contribution in [0.25, 0.3) is 0 Å². The summed E-state index contributed by atoms with van der Waals surface area (Å²) in [5.41, 5.74) is 0. The highest BCUT2D eigenvalue weighted by Crippen LogP contribution is 2.09. The van der Waals surface area contributed by atoms with E-state index in [4.69, 9.17) is 0 Å². The minimum Gasteiger partial charge on any atom is -0.313 e. The molecule has 17 heavy (non-hydrogen) atoms. The van der Waals surface area contributed by atoms with E-state index >= 15 is 0 Å². The van der Waals surface area contributed by atoms with Crippen molar-refractivity contribution in [3.05, 3.63) is 18.5 Å². The molecule has 1 aromatic heterocycles. The van der Waals surface area contributed by atoms with Crippen molar-refractivity contribution in [3.63, 3.8) is 0 Å². The summed E-state index contributed by atoms with van der Waals surface area (Å²) in [4.78, 5) is 2.55. The molecule has 1 aromatic rings. The average molecular weight is 236 g/mol. The van der Waals surface area contributed by atoms with Crippen molar-refractivity contribution in [1.29, 1.82) is 0 Å². The van der Waals surface area contributed by atoms with Crippen molar-refractivity contribution in [2.24, 2.45) is 0 Å². The summed E-state index contributed by atoms with van der Waals surface area (Å²) in [6.45, 7) is 7.94. The number of rotatable bonds is 6. The lowest BCUT2D eigenvalue weighted by Crippen LogP contribution is -2.46. The van der Waals surface area contributed by atoms with Gasteiger partial charge in [0, 0.05) is 31.5 Å². The number of piperidine rings is 1. The number of nitrogens with zero attached hydrogens (tertiary/aromatic N) is 3. The van der Waals surface area contributed by atoms with Gasteiger partial charge in [-0.25, -0.2) is 0 Å². The summed E-state index contributed by atoms with van der Waals surface area (Å²) in [6.07, 6.45) is 7.76. The van der Waals surface area contributed by atoms with Gasteiger partial charge in [-0.1, -0.05) is 6.92 Å². The van der Waals surface area contributed by atoms with Crippen LogP contribution in [-0.4, -0.2) is 46.9 Å². The first-order chi connectivity index (χ1) is 8.38. The zero-order chi connectivity index (χ0) is 11.9. The zero-order valence-corrected chi connectivity index (χ0v) is 10.8. The molecule has 1 aliphatic rings. The van der Waals surface area contributed by atoms with E-state index in [1.807, 2.05) is 23.1 Å². The molecule has 1 aliphatic heterocycles. The normalized spacial score (nSPS) is 21.8. The molecule has 1 fully saturated rings. The predicted molar refractivity (Wildman–Crippen MR) is 70.0 cm³/mol. The van der Waals surface area contributed by atoms with E-state index in [0.29, 0.717) is 6.04 Å². The first-order valence-corrected chi connectivity index (χ1v) is 6.81. The summed E-state index contributed by atoms with van der Waals surface area (Å²) < 4.78 is 2.02. The smallest absolute Gasteiger partial charge is 0.0536 e. The SMILES string of the molecule is CCCNC1CCCN(CCn2cccn2)C1. The molecule has 0 saturated carbocycles. The number of nitrogens with one attached hydrogen (secondary N) is 1. The van der Waals surface area contributed by atoms with Gasteiger partial charge in [-0.3, -0.25) is 9.58 Å². The third-order valence-corrected chi connectivity index (χ3v) is 3.39. The van der Waals surface area contributed by atoms with Crippen molar-refractivity contribution in [1.82, 2.24) is 20.0 Å². The Kier molecular flexibility index (Phi) is 5.01. The van der Waals surface area contributed by atoms with Crippen molar-refractivity contribution in [3.8, 4) is 0 Å². The van der Waals surface area contributed by atoms with Crippen molar-refractivity contribution >= 4 is 0 Å². The molecule has 0 spiro atoms. The average Bonchev–Trinajstić information content (AvgIpc) is 2.87. The van der Waals surface area contributed by atoms with E-state index in [1.165, 1.54) is 32.4 Å². The van der Waals surface area contributed by atoms with Crippen LogP contribution in [0.5, 0.6) is 0 Å². The Labute approximate surface area is 104 Å². The van der Waals surface area contributed by atoms with Gasteiger partial charge >= 0.3 is 0 Å². The van der Waals surface area contributed by atoms with Gasteiger partial charge < -0.3 is 5.32 Å². The second-order valence-corrected chi connectivity index (χ2v) is 4.86. The monoisotopic (exact) mass is 236 g/mol. The lowest BCUT2D eigenvalue weighted by Gasteiger charge is -2.33. The zero-order valence-electron chi connectivity index (χ0n) is 10.8. The lowest BCUT2D eigenvalue weighted by molar-refractivity contribution is 0.183. The van der Waals surface area contributed by atoms with E-state index in [-0.39, 0.29) is 0 Å². The molecule has 0 bridgehead atoms. The minimum atomic E-state index is 0.696. The second kappa shape index (κ2) is 6.77. The molecule has 2 rings (SSSR count). The van der Waals surface area contributed by atoms with Gasteiger partial charge in [0.2, 0.25) is 0 Å². The Bertz CT molecular complexity index is 296. The predicted octanol–water partition coefficient (Wildman–Crippen LogP) is 1.35. The molecular weight excluding hydrogens is 212 g/mol. The molecule has 1 atom stereocenters. The van der Waals surface area contributed by atoms with Gasteiger partial charge in [-0.2, -0.15) is 5.10 Å². The highest BCUT2D eigenvalue weighted by atomic mass is 15.3. The van der Waals surface area contributed by atoms with Crippen LogP contribution in [0.1, 0.15) is 26.2 Å². The number of hydrogen-bond donors (Lipinski definition) is 1. The van der Waals surface area contributed by atoms with Crippen LogP contribution in [0.4, 0.5) is 0 Å². The van der Waals surface area contributed by atoms with Crippen LogP contribution in [0.15, 0.2) is 18.5 Å². The first-order valence-electron chi connectivity index (χ1n) is 6.81. The van der Waals surface area contributed by atoms with Crippen molar-refractivity contribution in [2.75, 3.05) is 26.2 Å². The van der Waals surface area contributed by atoms with Crippen LogP contribution in [0.3, 0.4) is 0 Å². The fraction of sp³-hybridized carbons (Fsp3) is 0.769. The summed E-state index contributed by atoms with van der Waals surface area (Å²) in [5, 5.41) is 7.87. The molecule has 1 saturated heterocycles. The van der Waals surface area contributed by atoms with Crippen LogP contribution in [0, 0.1) is 0 Å². The lowest BCUT2D eigenvalue weighted by atomic mass is 10.1. The van der Waals surface area contributed by atoms with Crippen LogP contribution in [0.2, 0.25) is 0 Å². The summed E-state index contributed by atoms with van der Waals surface area (Å²) >= 11 is 0. The largest absolute Gasteiger partial charge is 0.313 e. The van der Waals surface area contributed by atoms with Crippen molar-refractivity contribution in [2.45, 2.75) is 38.8 Å². The number of likely N-dealkylation sites (tertiary alicyclic amines) is 1. The van der Waals surface area contributed by atoms with E-state index < -0.39 is 0 Å². The minimum absolute atomic E-state index is 0.696. The second-order valence-electron chi connectivity index (χ2n) is 4.86. The first kappa shape index (κ1) is 12.6. The molecule has 0 radical (unpaired) electrons. The van der Waals surface area contributed by atoms with Gasteiger partial charge in [0.1, 0.15) is 0 Å². The van der Waals surface area contributed by atoms with E-state index in [1.54, 1.807) is 0 Å². The van der Waals surface area contributed by atoms with Crippen molar-refractivity contribution < 1.29 is 0 Å². The molecule has 0 aromatic carbocycles. The highest BCUT2D eigenvalue weighted by molar-refractivity contribution is 4.80. The summed E-state index contributed by atoms with van der Waals surface area (Å²) in [6, 6.07) is 2.68. The number of aromatic nitrogens is 2. The van der Waals surface area contributed by atoms with Gasteiger partial charge in [0.25, 0.3) is 0 Å². The van der Waals surface area contributed by atoms with Gasteiger partial charge in [-0.15, -0.1) is 0 Å². The van der Waals surface area contributed by atoms with Gasteiger partial charge in [0.05, 0.1) is 6.54 Å².